The van der Waals surface area contributed by atoms with E-state index < -0.39 is 24.0 Å². The van der Waals surface area contributed by atoms with Crippen LogP contribution in [0.4, 0.5) is 8.78 Å². The Labute approximate surface area is 111 Å². The van der Waals surface area contributed by atoms with Gasteiger partial charge in [0.2, 0.25) is 6.17 Å². The molecule has 0 amide bonds. The zero-order valence-corrected chi connectivity index (χ0v) is 11.0. The minimum absolute atomic E-state index is 0. The third-order valence-electron chi connectivity index (χ3n) is 2.39. The van der Waals surface area contributed by atoms with Crippen LogP contribution >= 0.6 is 12.4 Å². The molecule has 2 atom stereocenters. The Hall–Kier alpha value is -1.20. The number of halogens is 3. The monoisotopic (exact) mass is 279 g/mol. The van der Waals surface area contributed by atoms with E-state index in [-0.39, 0.29) is 19.0 Å². The van der Waals surface area contributed by atoms with Crippen LogP contribution in [-0.4, -0.2) is 18.7 Å². The molecule has 0 bridgehead atoms. The van der Waals surface area contributed by atoms with Crippen molar-refractivity contribution in [3.8, 4) is 0 Å². The molecule has 0 aliphatic carbocycles. The third-order valence-corrected chi connectivity index (χ3v) is 2.39. The summed E-state index contributed by atoms with van der Waals surface area (Å²) in [5, 5.41) is 0. The number of ether oxygens (including phenoxy) is 1. The van der Waals surface area contributed by atoms with Crippen LogP contribution in [0.3, 0.4) is 0 Å². The van der Waals surface area contributed by atoms with Gasteiger partial charge in [-0.15, -0.1) is 12.4 Å². The van der Waals surface area contributed by atoms with Gasteiger partial charge in [-0.2, -0.15) is 0 Å². The molecule has 0 fully saturated rings. The van der Waals surface area contributed by atoms with Crippen molar-refractivity contribution >= 4 is 18.4 Å². The van der Waals surface area contributed by atoms with Gasteiger partial charge in [-0.05, 0) is 31.0 Å². The molecular weight excluding hydrogens is 264 g/mol. The first kappa shape index (κ1) is 16.8. The molecule has 0 spiro atoms. The van der Waals surface area contributed by atoms with Crippen LogP contribution in [0.5, 0.6) is 0 Å². The summed E-state index contributed by atoms with van der Waals surface area (Å²) in [7, 11) is 0. The van der Waals surface area contributed by atoms with E-state index >= 15 is 0 Å². The summed E-state index contributed by atoms with van der Waals surface area (Å²) in [6, 6.07) is 2.83. The van der Waals surface area contributed by atoms with E-state index in [1.54, 1.807) is 13.8 Å². The van der Waals surface area contributed by atoms with Gasteiger partial charge < -0.3 is 10.5 Å². The molecule has 0 saturated heterocycles. The average Bonchev–Trinajstić information content (AvgIpc) is 2.31. The zero-order valence-electron chi connectivity index (χ0n) is 10.2. The van der Waals surface area contributed by atoms with Crippen LogP contribution < -0.4 is 5.73 Å². The average molecular weight is 280 g/mol. The van der Waals surface area contributed by atoms with Gasteiger partial charge in [-0.25, -0.2) is 13.6 Å². The number of rotatable bonds is 4. The molecule has 6 heteroatoms. The number of carbonyl (C=O) groups is 1. The van der Waals surface area contributed by atoms with Crippen molar-refractivity contribution in [1.82, 2.24) is 0 Å². The van der Waals surface area contributed by atoms with Crippen LogP contribution in [0.2, 0.25) is 0 Å². The fraction of sp³-hybridized carbons (Fsp3) is 0.417. The van der Waals surface area contributed by atoms with Gasteiger partial charge in [0.15, 0.2) is 0 Å². The first-order valence-electron chi connectivity index (χ1n) is 5.29. The van der Waals surface area contributed by atoms with Gasteiger partial charge >= 0.3 is 5.97 Å². The Morgan fingerprint density at radius 1 is 1.50 bits per heavy atom. The highest BCUT2D eigenvalue weighted by Crippen LogP contribution is 2.20. The summed E-state index contributed by atoms with van der Waals surface area (Å²) in [5.74, 6) is -1.39. The van der Waals surface area contributed by atoms with Crippen molar-refractivity contribution in [2.24, 2.45) is 5.73 Å². The van der Waals surface area contributed by atoms with E-state index in [9.17, 15) is 13.6 Å². The lowest BCUT2D eigenvalue weighted by molar-refractivity contribution is -0.149. The molecule has 0 saturated carbocycles. The SMILES string of the molecule is CCOC(=O)C(F)[C@@H](N)c1ccc(F)c(C)c1.Cl. The van der Waals surface area contributed by atoms with Crippen LogP contribution in [0.15, 0.2) is 18.2 Å². The maximum Gasteiger partial charge on any atom is 0.342 e. The lowest BCUT2D eigenvalue weighted by Crippen LogP contribution is -2.31. The Bertz CT molecular complexity index is 415. The molecule has 1 unspecified atom stereocenters. The molecule has 0 radical (unpaired) electrons. The number of alkyl halides is 1. The van der Waals surface area contributed by atoms with E-state index in [0.717, 1.165) is 0 Å². The molecule has 0 heterocycles. The van der Waals surface area contributed by atoms with Gasteiger partial charge in [-0.3, -0.25) is 0 Å². The third kappa shape index (κ3) is 3.92. The number of hydrogen-bond acceptors (Lipinski definition) is 3. The van der Waals surface area contributed by atoms with Gasteiger partial charge in [0, 0.05) is 0 Å². The van der Waals surface area contributed by atoms with Crippen molar-refractivity contribution in [2.45, 2.75) is 26.1 Å². The van der Waals surface area contributed by atoms with Crippen LogP contribution in [-0.2, 0) is 9.53 Å². The summed E-state index contributed by atoms with van der Waals surface area (Å²) < 4.78 is 31.2. The quantitative estimate of drug-likeness (QED) is 0.862. The second-order valence-electron chi connectivity index (χ2n) is 3.69. The van der Waals surface area contributed by atoms with Crippen molar-refractivity contribution in [1.29, 1.82) is 0 Å². The number of benzene rings is 1. The lowest BCUT2D eigenvalue weighted by Gasteiger charge is -2.16. The summed E-state index contributed by atoms with van der Waals surface area (Å²) in [4.78, 5) is 11.2. The molecule has 3 nitrogen and oxygen atoms in total. The molecule has 2 N–H and O–H groups in total. The molecule has 1 aromatic carbocycles. The van der Waals surface area contributed by atoms with E-state index in [0.29, 0.717) is 11.1 Å². The number of hydrogen-bond donors (Lipinski definition) is 1. The minimum Gasteiger partial charge on any atom is -0.464 e. The molecule has 18 heavy (non-hydrogen) atoms. The standard InChI is InChI=1S/C12H15F2NO2.ClH/c1-3-17-12(16)10(14)11(15)8-4-5-9(13)7(2)6-8;/h4-6,10-11H,3,15H2,1-2H3;1H/t10?,11-;/m0./s1. The first-order chi connectivity index (χ1) is 7.97. The van der Waals surface area contributed by atoms with E-state index in [2.05, 4.69) is 4.74 Å². The minimum atomic E-state index is -1.94. The van der Waals surface area contributed by atoms with E-state index in [1.807, 2.05) is 0 Å². The predicted molar refractivity (Wildman–Crippen MR) is 66.8 cm³/mol. The molecule has 1 rings (SSSR count). The normalized spacial score (nSPS) is 13.4. The van der Waals surface area contributed by atoms with Gasteiger partial charge in [0.05, 0.1) is 12.6 Å². The Balaban J connectivity index is 0.00000289. The first-order valence-corrected chi connectivity index (χ1v) is 5.29. The highest BCUT2D eigenvalue weighted by molar-refractivity contribution is 5.85. The molecule has 0 aromatic heterocycles. The smallest absolute Gasteiger partial charge is 0.342 e. The van der Waals surface area contributed by atoms with E-state index in [4.69, 9.17) is 5.73 Å². The summed E-state index contributed by atoms with van der Waals surface area (Å²) in [6.07, 6.45) is -1.94. The summed E-state index contributed by atoms with van der Waals surface area (Å²) in [6.45, 7) is 3.22. The maximum absolute atomic E-state index is 13.6. The highest BCUT2D eigenvalue weighted by Gasteiger charge is 2.27. The Morgan fingerprint density at radius 2 is 2.11 bits per heavy atom. The molecule has 102 valence electrons. The second-order valence-corrected chi connectivity index (χ2v) is 3.69. The Kier molecular flexibility index (Phi) is 6.80. The number of aryl methyl sites for hydroxylation is 1. The number of carbonyl (C=O) groups excluding carboxylic acids is 1. The summed E-state index contributed by atoms with van der Waals surface area (Å²) in [5.41, 5.74) is 6.31. The predicted octanol–water partition coefficient (Wildman–Crippen LogP) is 2.46. The van der Waals surface area contributed by atoms with Gasteiger partial charge in [0.1, 0.15) is 5.82 Å². The lowest BCUT2D eigenvalue weighted by atomic mass is 10.0. The van der Waals surface area contributed by atoms with Crippen molar-refractivity contribution < 1.29 is 18.3 Å². The maximum atomic E-state index is 13.6. The van der Waals surface area contributed by atoms with Crippen molar-refractivity contribution in [3.63, 3.8) is 0 Å². The number of nitrogens with two attached hydrogens (primary N) is 1. The fourth-order valence-electron chi connectivity index (χ4n) is 1.41. The fourth-order valence-corrected chi connectivity index (χ4v) is 1.41. The van der Waals surface area contributed by atoms with Crippen molar-refractivity contribution in [3.05, 3.63) is 35.1 Å². The molecule has 0 aliphatic heterocycles. The molecule has 1 aromatic rings. The largest absolute Gasteiger partial charge is 0.464 e. The zero-order chi connectivity index (χ0) is 13.0. The summed E-state index contributed by atoms with van der Waals surface area (Å²) >= 11 is 0. The topological polar surface area (TPSA) is 52.3 Å². The van der Waals surface area contributed by atoms with Crippen LogP contribution in [0.1, 0.15) is 24.1 Å². The second kappa shape index (κ2) is 7.28. The molecule has 0 aliphatic rings. The van der Waals surface area contributed by atoms with Crippen molar-refractivity contribution in [2.75, 3.05) is 6.61 Å². The van der Waals surface area contributed by atoms with Crippen LogP contribution in [0.25, 0.3) is 0 Å². The molecular formula is C12H16ClF2NO2. The Morgan fingerprint density at radius 3 is 2.61 bits per heavy atom. The highest BCUT2D eigenvalue weighted by atomic mass is 35.5. The van der Waals surface area contributed by atoms with Gasteiger partial charge in [0.25, 0.3) is 0 Å². The number of esters is 1. The van der Waals surface area contributed by atoms with E-state index in [1.165, 1.54) is 18.2 Å². The van der Waals surface area contributed by atoms with Gasteiger partial charge in [-0.1, -0.05) is 12.1 Å². The van der Waals surface area contributed by atoms with Crippen LogP contribution in [0, 0.1) is 12.7 Å².